The van der Waals surface area contributed by atoms with Gasteiger partial charge in [0.05, 0.1) is 15.4 Å². The Morgan fingerprint density at radius 2 is 1.80 bits per heavy atom. The van der Waals surface area contributed by atoms with E-state index in [1.165, 1.54) is 15.7 Å². The number of ether oxygens (including phenoxy) is 1. The van der Waals surface area contributed by atoms with Gasteiger partial charge in [0, 0.05) is 30.6 Å². The number of fused-ring (bicyclic) bond motifs is 1. The number of nitrogens with zero attached hydrogens (tertiary/aromatic N) is 1. The Morgan fingerprint density at radius 3 is 2.30 bits per heavy atom. The first-order chi connectivity index (χ1) is 14.1. The molecule has 1 aliphatic rings. The van der Waals surface area contributed by atoms with Gasteiger partial charge in [-0.15, -0.1) is 0 Å². The Morgan fingerprint density at radius 1 is 1.13 bits per heavy atom. The van der Waals surface area contributed by atoms with Crippen LogP contribution in [0.4, 0.5) is 0 Å². The first-order valence-electron chi connectivity index (χ1n) is 9.57. The minimum atomic E-state index is -3.65. The summed E-state index contributed by atoms with van der Waals surface area (Å²) >= 11 is 6.31. The van der Waals surface area contributed by atoms with Gasteiger partial charge < -0.3 is 10.1 Å². The van der Waals surface area contributed by atoms with Crippen molar-refractivity contribution in [2.24, 2.45) is 0 Å². The second kappa shape index (κ2) is 8.79. The second-order valence-electron chi connectivity index (χ2n) is 8.05. The average molecular weight is 449 g/mol. The SMILES string of the molecule is CC(C)(C)OC=O.O=S(=O)(c1ccccc1)n1cc(Cl)c2cc(C3CNC3)ccc21. The first kappa shape index (κ1) is 22.3. The van der Waals surface area contributed by atoms with Crippen molar-refractivity contribution >= 4 is 39.0 Å². The van der Waals surface area contributed by atoms with Crippen LogP contribution in [0.25, 0.3) is 10.9 Å². The smallest absolute Gasteiger partial charge is 0.293 e. The van der Waals surface area contributed by atoms with E-state index in [2.05, 4.69) is 10.1 Å². The third-order valence-electron chi connectivity index (χ3n) is 4.70. The quantitative estimate of drug-likeness (QED) is 0.606. The van der Waals surface area contributed by atoms with E-state index in [9.17, 15) is 13.2 Å². The van der Waals surface area contributed by atoms with E-state index >= 15 is 0 Å². The Balaban J connectivity index is 0.000000318. The molecular formula is C22H25ClN2O4S. The predicted molar refractivity (Wildman–Crippen MR) is 118 cm³/mol. The van der Waals surface area contributed by atoms with Crippen molar-refractivity contribution in [1.29, 1.82) is 0 Å². The Kier molecular flexibility index (Phi) is 6.55. The summed E-state index contributed by atoms with van der Waals surface area (Å²) < 4.78 is 31.5. The molecule has 0 radical (unpaired) electrons. The van der Waals surface area contributed by atoms with Gasteiger partial charge in [0.2, 0.25) is 0 Å². The topological polar surface area (TPSA) is 77.4 Å². The van der Waals surface area contributed by atoms with Gasteiger partial charge in [-0.3, -0.25) is 4.79 Å². The fourth-order valence-corrected chi connectivity index (χ4v) is 4.70. The molecule has 0 amide bonds. The standard InChI is InChI=1S/C17H15ClN2O2S.C5H10O2/c18-16-11-20(23(21,22)14-4-2-1-3-5-14)17-7-6-12(8-15(16)17)13-9-19-10-13;1-5(2,3)7-4-6/h1-8,11,13,19H,9-10H2;4H,1-3H3. The first-order valence-corrected chi connectivity index (χ1v) is 11.4. The molecule has 0 spiro atoms. The van der Waals surface area contributed by atoms with Gasteiger partial charge in [-0.2, -0.15) is 0 Å². The van der Waals surface area contributed by atoms with Crippen LogP contribution >= 0.6 is 11.6 Å². The lowest BCUT2D eigenvalue weighted by atomic mass is 9.93. The molecule has 2 heterocycles. The molecule has 6 nitrogen and oxygen atoms in total. The number of carbonyl (C=O) groups is 1. The average Bonchev–Trinajstić information content (AvgIpc) is 2.98. The lowest BCUT2D eigenvalue weighted by Crippen LogP contribution is -2.39. The molecule has 1 aliphatic heterocycles. The summed E-state index contributed by atoms with van der Waals surface area (Å²) in [5.74, 6) is 0.476. The molecule has 0 atom stereocenters. The normalized spacial score (nSPS) is 14.5. The number of halogens is 1. The lowest BCUT2D eigenvalue weighted by Gasteiger charge is -2.27. The van der Waals surface area contributed by atoms with E-state index in [0.29, 0.717) is 22.9 Å². The molecule has 160 valence electrons. The van der Waals surface area contributed by atoms with Gasteiger partial charge in [-0.1, -0.05) is 35.9 Å². The largest absolute Gasteiger partial charge is 0.462 e. The van der Waals surface area contributed by atoms with E-state index < -0.39 is 10.0 Å². The number of aromatic nitrogens is 1. The van der Waals surface area contributed by atoms with Crippen LogP contribution in [-0.2, 0) is 19.6 Å². The van der Waals surface area contributed by atoms with Gasteiger partial charge in [-0.05, 0) is 50.6 Å². The van der Waals surface area contributed by atoms with Gasteiger partial charge in [0.15, 0.2) is 0 Å². The molecule has 1 aromatic heterocycles. The Hall–Kier alpha value is -2.35. The van der Waals surface area contributed by atoms with E-state index in [1.807, 2.05) is 39.0 Å². The summed E-state index contributed by atoms with van der Waals surface area (Å²) in [6, 6.07) is 14.2. The highest BCUT2D eigenvalue weighted by molar-refractivity contribution is 7.90. The summed E-state index contributed by atoms with van der Waals surface area (Å²) in [6.45, 7) is 7.82. The van der Waals surface area contributed by atoms with Crippen molar-refractivity contribution in [3.63, 3.8) is 0 Å². The molecule has 0 aliphatic carbocycles. The van der Waals surface area contributed by atoms with Crippen molar-refractivity contribution in [1.82, 2.24) is 9.29 Å². The summed E-state index contributed by atoms with van der Waals surface area (Å²) in [5, 5.41) is 4.47. The van der Waals surface area contributed by atoms with Crippen LogP contribution in [0.2, 0.25) is 5.02 Å². The monoisotopic (exact) mass is 448 g/mol. The molecule has 1 saturated heterocycles. The zero-order valence-corrected chi connectivity index (χ0v) is 18.7. The summed E-state index contributed by atoms with van der Waals surface area (Å²) in [6.07, 6.45) is 1.48. The minimum absolute atomic E-state index is 0.251. The van der Waals surface area contributed by atoms with Gasteiger partial charge >= 0.3 is 0 Å². The van der Waals surface area contributed by atoms with E-state index in [-0.39, 0.29) is 10.5 Å². The molecule has 8 heteroatoms. The number of nitrogens with one attached hydrogen (secondary N) is 1. The van der Waals surface area contributed by atoms with Crippen molar-refractivity contribution in [2.75, 3.05) is 13.1 Å². The van der Waals surface area contributed by atoms with E-state index in [0.717, 1.165) is 18.5 Å². The number of carbonyl (C=O) groups excluding carboxylic acids is 1. The molecular weight excluding hydrogens is 424 g/mol. The summed E-state index contributed by atoms with van der Waals surface area (Å²) in [4.78, 5) is 9.85. The maximum atomic E-state index is 12.8. The zero-order valence-electron chi connectivity index (χ0n) is 17.1. The predicted octanol–water partition coefficient (Wildman–Crippen LogP) is 4.18. The second-order valence-corrected chi connectivity index (χ2v) is 10.3. The zero-order chi connectivity index (χ0) is 21.9. The molecule has 3 aromatic rings. The van der Waals surface area contributed by atoms with Gasteiger partial charge in [0.25, 0.3) is 16.5 Å². The molecule has 2 aromatic carbocycles. The molecule has 4 rings (SSSR count). The Bertz CT molecular complexity index is 1130. The number of hydrogen-bond donors (Lipinski definition) is 1. The highest BCUT2D eigenvalue weighted by Crippen LogP contribution is 2.32. The van der Waals surface area contributed by atoms with Crippen LogP contribution in [0.15, 0.2) is 59.6 Å². The molecule has 0 bridgehead atoms. The van der Waals surface area contributed by atoms with Crippen molar-refractivity contribution in [3.8, 4) is 0 Å². The third-order valence-corrected chi connectivity index (χ3v) is 6.69. The van der Waals surface area contributed by atoms with Crippen molar-refractivity contribution in [2.45, 2.75) is 37.2 Å². The molecule has 0 saturated carbocycles. The fourth-order valence-electron chi connectivity index (χ4n) is 3.01. The maximum absolute atomic E-state index is 12.8. The molecule has 1 N–H and O–H groups in total. The molecule has 1 fully saturated rings. The van der Waals surface area contributed by atoms with E-state index in [1.54, 1.807) is 30.3 Å². The van der Waals surface area contributed by atoms with E-state index in [4.69, 9.17) is 11.6 Å². The molecule has 30 heavy (non-hydrogen) atoms. The molecule has 0 unspecified atom stereocenters. The van der Waals surface area contributed by atoms with Crippen LogP contribution in [0.3, 0.4) is 0 Å². The maximum Gasteiger partial charge on any atom is 0.293 e. The van der Waals surface area contributed by atoms with Crippen LogP contribution in [-0.4, -0.2) is 37.6 Å². The lowest BCUT2D eigenvalue weighted by molar-refractivity contribution is -0.138. The highest BCUT2D eigenvalue weighted by Gasteiger charge is 2.23. The van der Waals surface area contributed by atoms with Crippen LogP contribution in [0.1, 0.15) is 32.3 Å². The van der Waals surface area contributed by atoms with Gasteiger partial charge in [0.1, 0.15) is 5.60 Å². The summed E-state index contributed by atoms with van der Waals surface area (Å²) in [7, 11) is -3.65. The summed E-state index contributed by atoms with van der Waals surface area (Å²) in [5.41, 5.74) is 1.48. The Labute approximate surface area is 181 Å². The highest BCUT2D eigenvalue weighted by atomic mass is 35.5. The fraction of sp³-hybridized carbons (Fsp3) is 0.318. The van der Waals surface area contributed by atoms with Crippen LogP contribution in [0, 0.1) is 0 Å². The number of hydrogen-bond acceptors (Lipinski definition) is 5. The number of benzene rings is 2. The third kappa shape index (κ3) is 4.86. The van der Waals surface area contributed by atoms with Gasteiger partial charge in [-0.25, -0.2) is 12.4 Å². The van der Waals surface area contributed by atoms with Crippen molar-refractivity contribution in [3.05, 3.63) is 65.3 Å². The van der Waals surface area contributed by atoms with Crippen molar-refractivity contribution < 1.29 is 17.9 Å². The number of rotatable bonds is 4. The van der Waals surface area contributed by atoms with Crippen LogP contribution in [0.5, 0.6) is 0 Å². The minimum Gasteiger partial charge on any atom is -0.462 e. The van der Waals surface area contributed by atoms with Crippen LogP contribution < -0.4 is 5.32 Å².